The smallest absolute Gasteiger partial charge is 0.270 e. The van der Waals surface area contributed by atoms with Crippen molar-refractivity contribution < 1.29 is 14.4 Å². The molecule has 0 aliphatic heterocycles. The number of methoxy groups -OCH3 is 1. The Morgan fingerprint density at radius 2 is 1.95 bits per heavy atom. The minimum atomic E-state index is -0.469. The summed E-state index contributed by atoms with van der Waals surface area (Å²) in [5.41, 5.74) is 0.528. The van der Waals surface area contributed by atoms with Crippen molar-refractivity contribution in [3.05, 3.63) is 56.5 Å². The maximum absolute atomic E-state index is 10.8. The summed E-state index contributed by atoms with van der Waals surface area (Å²) in [7, 11) is 1.57. The van der Waals surface area contributed by atoms with Crippen LogP contribution in [0.5, 0.6) is 17.2 Å². The molecule has 0 unspecified atom stereocenters. The molecule has 0 N–H and O–H groups in total. The van der Waals surface area contributed by atoms with Gasteiger partial charge in [-0.2, -0.15) is 0 Å². The number of nitro benzene ring substituents is 1. The highest BCUT2D eigenvalue weighted by Gasteiger charge is 2.13. The van der Waals surface area contributed by atoms with E-state index in [4.69, 9.17) is 21.1 Å². The van der Waals surface area contributed by atoms with Gasteiger partial charge in [-0.15, -0.1) is 11.6 Å². The van der Waals surface area contributed by atoms with Gasteiger partial charge in [-0.1, -0.05) is 0 Å². The van der Waals surface area contributed by atoms with Gasteiger partial charge in [0.1, 0.15) is 17.2 Å². The molecule has 0 aliphatic carbocycles. The van der Waals surface area contributed by atoms with Gasteiger partial charge in [0.25, 0.3) is 5.69 Å². The molecule has 2 aromatic rings. The lowest BCUT2D eigenvalue weighted by Crippen LogP contribution is -1.94. The lowest BCUT2D eigenvalue weighted by atomic mass is 10.2. The molecule has 7 heteroatoms. The predicted octanol–water partition coefficient (Wildman–Crippen LogP) is 4.90. The van der Waals surface area contributed by atoms with E-state index in [9.17, 15) is 10.1 Å². The van der Waals surface area contributed by atoms with Crippen LogP contribution in [0.1, 0.15) is 5.56 Å². The second-order valence-electron chi connectivity index (χ2n) is 4.08. The molecule has 2 rings (SSSR count). The van der Waals surface area contributed by atoms with Crippen LogP contribution >= 0.6 is 27.5 Å². The minimum Gasteiger partial charge on any atom is -0.497 e. The predicted molar refractivity (Wildman–Crippen MR) is 83.4 cm³/mol. The number of nitro groups is 1. The van der Waals surface area contributed by atoms with Gasteiger partial charge in [0.15, 0.2) is 0 Å². The minimum absolute atomic E-state index is 0.0215. The quantitative estimate of drug-likeness (QED) is 0.425. The van der Waals surface area contributed by atoms with Crippen molar-refractivity contribution in [2.75, 3.05) is 7.11 Å². The summed E-state index contributed by atoms with van der Waals surface area (Å²) < 4.78 is 11.6. The Labute approximate surface area is 134 Å². The van der Waals surface area contributed by atoms with Crippen molar-refractivity contribution in [1.82, 2.24) is 0 Å². The monoisotopic (exact) mass is 371 g/mol. The average molecular weight is 373 g/mol. The molecule has 0 heterocycles. The second kappa shape index (κ2) is 6.78. The number of nitrogens with zero attached hydrogens (tertiary/aromatic N) is 1. The average Bonchev–Trinajstić information content (AvgIpc) is 2.49. The highest BCUT2D eigenvalue weighted by molar-refractivity contribution is 9.10. The first kappa shape index (κ1) is 15.6. The summed E-state index contributed by atoms with van der Waals surface area (Å²) in [6, 6.07) is 9.57. The van der Waals surface area contributed by atoms with E-state index in [-0.39, 0.29) is 11.6 Å². The first-order chi connectivity index (χ1) is 10.0. The molecule has 0 atom stereocenters. The van der Waals surface area contributed by atoms with Crippen molar-refractivity contribution in [2.45, 2.75) is 5.88 Å². The summed E-state index contributed by atoms with van der Waals surface area (Å²) in [5.74, 6) is 1.85. The topological polar surface area (TPSA) is 61.6 Å². The zero-order valence-corrected chi connectivity index (χ0v) is 13.3. The molecule has 2 aromatic carbocycles. The summed E-state index contributed by atoms with van der Waals surface area (Å²) in [6.45, 7) is 0. The van der Waals surface area contributed by atoms with Crippen molar-refractivity contribution in [1.29, 1.82) is 0 Å². The SMILES string of the molecule is COc1ccc(Oc2ccc([N+](=O)[O-])cc2CCl)c(Br)c1. The lowest BCUT2D eigenvalue weighted by Gasteiger charge is -2.11. The molecule has 21 heavy (non-hydrogen) atoms. The number of benzene rings is 2. The van der Waals surface area contributed by atoms with Gasteiger partial charge in [0, 0.05) is 17.7 Å². The van der Waals surface area contributed by atoms with Crippen LogP contribution in [-0.2, 0) is 5.88 Å². The Balaban J connectivity index is 2.33. The third kappa shape index (κ3) is 3.65. The molecule has 0 aromatic heterocycles. The molecule has 110 valence electrons. The van der Waals surface area contributed by atoms with Gasteiger partial charge in [0.2, 0.25) is 0 Å². The van der Waals surface area contributed by atoms with Gasteiger partial charge in [-0.3, -0.25) is 10.1 Å². The van der Waals surface area contributed by atoms with Crippen molar-refractivity contribution in [3.8, 4) is 17.2 Å². The normalized spacial score (nSPS) is 10.2. The third-order valence-corrected chi connectivity index (χ3v) is 3.67. The molecule has 0 amide bonds. The Bertz CT molecular complexity index is 678. The molecule has 0 saturated carbocycles. The fourth-order valence-electron chi connectivity index (χ4n) is 1.69. The molecule has 0 bridgehead atoms. The fraction of sp³-hybridized carbons (Fsp3) is 0.143. The summed E-state index contributed by atoms with van der Waals surface area (Å²) in [5, 5.41) is 10.8. The van der Waals surface area contributed by atoms with Crippen LogP contribution < -0.4 is 9.47 Å². The Kier molecular flexibility index (Phi) is 5.03. The fourth-order valence-corrected chi connectivity index (χ4v) is 2.34. The van der Waals surface area contributed by atoms with Crippen molar-refractivity contribution in [2.24, 2.45) is 0 Å². The number of rotatable bonds is 5. The van der Waals surface area contributed by atoms with Crippen molar-refractivity contribution >= 4 is 33.2 Å². The molecule has 0 radical (unpaired) electrons. The second-order valence-corrected chi connectivity index (χ2v) is 5.20. The largest absolute Gasteiger partial charge is 0.497 e. The van der Waals surface area contributed by atoms with Crippen LogP contribution in [0.4, 0.5) is 5.69 Å². The van der Waals surface area contributed by atoms with Gasteiger partial charge in [0.05, 0.1) is 22.4 Å². The molecule has 0 fully saturated rings. The van der Waals surface area contributed by atoms with E-state index in [1.807, 2.05) is 0 Å². The summed E-state index contributed by atoms with van der Waals surface area (Å²) >= 11 is 9.21. The highest BCUT2D eigenvalue weighted by atomic mass is 79.9. The number of hydrogen-bond acceptors (Lipinski definition) is 4. The van der Waals surface area contributed by atoms with Crippen molar-refractivity contribution in [3.63, 3.8) is 0 Å². The Morgan fingerprint density at radius 3 is 2.52 bits per heavy atom. The van der Waals surface area contributed by atoms with Crippen LogP contribution in [0.25, 0.3) is 0 Å². The number of alkyl halides is 1. The van der Waals surface area contributed by atoms with E-state index in [2.05, 4.69) is 15.9 Å². The first-order valence-corrected chi connectivity index (χ1v) is 7.22. The van der Waals surface area contributed by atoms with E-state index in [1.165, 1.54) is 18.2 Å². The Hall–Kier alpha value is -1.79. The zero-order valence-electron chi connectivity index (χ0n) is 11.0. The number of hydrogen-bond donors (Lipinski definition) is 0. The summed E-state index contributed by atoms with van der Waals surface area (Å²) in [4.78, 5) is 10.3. The van der Waals surface area contributed by atoms with Gasteiger partial charge >= 0.3 is 0 Å². The Morgan fingerprint density at radius 1 is 1.24 bits per heavy atom. The summed E-state index contributed by atoms with van der Waals surface area (Å²) in [6.07, 6.45) is 0. The van der Waals surface area contributed by atoms with E-state index in [0.29, 0.717) is 27.3 Å². The van der Waals surface area contributed by atoms with Crippen LogP contribution in [0.2, 0.25) is 0 Å². The standard InChI is InChI=1S/C14H11BrClNO4/c1-20-11-3-5-14(12(15)7-11)21-13-4-2-10(17(18)19)6-9(13)8-16/h2-7H,8H2,1H3. The molecule has 0 aliphatic rings. The van der Waals surface area contributed by atoms with Crippen LogP contribution in [0.3, 0.4) is 0 Å². The van der Waals surface area contributed by atoms with Crippen LogP contribution in [-0.4, -0.2) is 12.0 Å². The van der Waals surface area contributed by atoms with Crippen LogP contribution in [0.15, 0.2) is 40.9 Å². The number of non-ortho nitro benzene ring substituents is 1. The number of halogens is 2. The maximum Gasteiger partial charge on any atom is 0.270 e. The third-order valence-electron chi connectivity index (χ3n) is 2.76. The lowest BCUT2D eigenvalue weighted by molar-refractivity contribution is -0.384. The van der Waals surface area contributed by atoms with E-state index in [1.54, 1.807) is 25.3 Å². The van der Waals surface area contributed by atoms with Gasteiger partial charge < -0.3 is 9.47 Å². The van der Waals surface area contributed by atoms with E-state index in [0.717, 1.165) is 0 Å². The first-order valence-electron chi connectivity index (χ1n) is 5.90. The van der Waals surface area contributed by atoms with E-state index < -0.39 is 4.92 Å². The van der Waals surface area contributed by atoms with Gasteiger partial charge in [-0.25, -0.2) is 0 Å². The zero-order chi connectivity index (χ0) is 15.4. The molecule has 0 saturated heterocycles. The van der Waals surface area contributed by atoms with Crippen LogP contribution in [0, 0.1) is 10.1 Å². The van der Waals surface area contributed by atoms with E-state index >= 15 is 0 Å². The molecule has 5 nitrogen and oxygen atoms in total. The molecule has 0 spiro atoms. The van der Waals surface area contributed by atoms with Gasteiger partial charge in [-0.05, 0) is 40.2 Å². The molecular formula is C14H11BrClNO4. The maximum atomic E-state index is 10.8. The molecular weight excluding hydrogens is 362 g/mol. The highest BCUT2D eigenvalue weighted by Crippen LogP contribution is 2.35. The number of ether oxygens (including phenoxy) is 2.